The highest BCUT2D eigenvalue weighted by Gasteiger charge is 2.15. The molecule has 1 aromatic carbocycles. The van der Waals surface area contributed by atoms with Gasteiger partial charge in [-0.25, -0.2) is 4.79 Å². The zero-order valence-electron chi connectivity index (χ0n) is 12.3. The number of rotatable bonds is 6. The van der Waals surface area contributed by atoms with Crippen LogP contribution in [0.15, 0.2) is 34.9 Å². The molecule has 0 aliphatic carbocycles. The smallest absolute Gasteiger partial charge is 0.387 e. The van der Waals surface area contributed by atoms with E-state index in [0.717, 1.165) is 0 Å². The number of esters is 1. The number of furan rings is 1. The molecule has 0 aliphatic heterocycles. The quantitative estimate of drug-likeness (QED) is 0.797. The van der Waals surface area contributed by atoms with Crippen molar-refractivity contribution in [2.24, 2.45) is 0 Å². The summed E-state index contributed by atoms with van der Waals surface area (Å²) in [6.07, 6.45) is 1.33. The van der Waals surface area contributed by atoms with Gasteiger partial charge < -0.3 is 19.2 Å². The second-order valence-electron chi connectivity index (χ2n) is 4.54. The Hall–Kier alpha value is -2.61. The van der Waals surface area contributed by atoms with E-state index >= 15 is 0 Å². The number of carbonyl (C=O) groups is 2. The van der Waals surface area contributed by atoms with Crippen LogP contribution in [0.3, 0.4) is 0 Å². The van der Waals surface area contributed by atoms with Crippen LogP contribution in [0.5, 0.6) is 5.75 Å². The average molecular weight is 360 g/mol. The Morgan fingerprint density at radius 3 is 2.67 bits per heavy atom. The van der Waals surface area contributed by atoms with Crippen LogP contribution >= 0.6 is 11.6 Å². The first-order valence-electron chi connectivity index (χ1n) is 6.62. The van der Waals surface area contributed by atoms with Crippen LogP contribution < -0.4 is 10.1 Å². The highest BCUT2D eigenvalue weighted by molar-refractivity contribution is 6.32. The number of hydrogen-bond acceptors (Lipinski definition) is 5. The largest absolute Gasteiger partial charge is 0.469 e. The van der Waals surface area contributed by atoms with Crippen LogP contribution in [0.25, 0.3) is 0 Å². The lowest BCUT2D eigenvalue weighted by Crippen LogP contribution is -2.21. The number of amides is 1. The van der Waals surface area contributed by atoms with E-state index in [1.807, 2.05) is 0 Å². The molecular weight excluding hydrogens is 348 g/mol. The van der Waals surface area contributed by atoms with Gasteiger partial charge >= 0.3 is 12.6 Å². The van der Waals surface area contributed by atoms with E-state index in [2.05, 4.69) is 10.1 Å². The van der Waals surface area contributed by atoms with Crippen molar-refractivity contribution < 1.29 is 32.3 Å². The number of carbonyl (C=O) groups excluding carboxylic acids is 2. The highest BCUT2D eigenvalue weighted by Crippen LogP contribution is 2.28. The zero-order valence-corrected chi connectivity index (χ0v) is 13.1. The molecule has 9 heteroatoms. The standard InChI is InChI=1S/C15H12ClF2NO5/c1-8-10(4-5-22-8)14(21)23-7-13(20)19-9-2-3-12(11(16)6-9)24-15(17)18/h2-6,15H,7H2,1H3,(H,19,20). The maximum atomic E-state index is 12.1. The number of hydrogen-bond donors (Lipinski definition) is 1. The van der Waals surface area contributed by atoms with Crippen molar-refractivity contribution in [2.45, 2.75) is 13.5 Å². The Bertz CT molecular complexity index is 747. The van der Waals surface area contributed by atoms with E-state index in [4.69, 9.17) is 20.8 Å². The summed E-state index contributed by atoms with van der Waals surface area (Å²) < 4.78 is 38.2. The van der Waals surface area contributed by atoms with Crippen molar-refractivity contribution >= 4 is 29.2 Å². The van der Waals surface area contributed by atoms with E-state index in [9.17, 15) is 18.4 Å². The molecule has 0 saturated carbocycles. The predicted molar refractivity (Wildman–Crippen MR) is 80.4 cm³/mol. The van der Waals surface area contributed by atoms with Crippen LogP contribution in [0.2, 0.25) is 5.02 Å². The van der Waals surface area contributed by atoms with Crippen LogP contribution in [0, 0.1) is 6.92 Å². The number of anilines is 1. The van der Waals surface area contributed by atoms with Crippen molar-refractivity contribution in [3.05, 3.63) is 46.9 Å². The maximum absolute atomic E-state index is 12.1. The number of benzene rings is 1. The van der Waals surface area contributed by atoms with Gasteiger partial charge in [-0.3, -0.25) is 4.79 Å². The lowest BCUT2D eigenvalue weighted by Gasteiger charge is -2.10. The number of ether oxygens (including phenoxy) is 2. The topological polar surface area (TPSA) is 77.8 Å². The summed E-state index contributed by atoms with van der Waals surface area (Å²) in [6.45, 7) is -1.95. The number of alkyl halides is 2. The van der Waals surface area contributed by atoms with Crippen LogP contribution in [0.4, 0.5) is 14.5 Å². The molecule has 0 radical (unpaired) electrons. The number of halogens is 3. The van der Waals surface area contributed by atoms with Crippen molar-refractivity contribution in [1.82, 2.24) is 0 Å². The summed E-state index contributed by atoms with van der Waals surface area (Å²) >= 11 is 5.76. The van der Waals surface area contributed by atoms with Crippen molar-refractivity contribution in [3.8, 4) is 5.75 Å². The lowest BCUT2D eigenvalue weighted by molar-refractivity contribution is -0.119. The minimum atomic E-state index is -3.01. The van der Waals surface area contributed by atoms with E-state index in [0.29, 0.717) is 5.76 Å². The SMILES string of the molecule is Cc1occc1C(=O)OCC(=O)Nc1ccc(OC(F)F)c(Cl)c1. The van der Waals surface area contributed by atoms with Gasteiger partial charge in [0.05, 0.1) is 11.3 Å². The molecule has 1 N–H and O–H groups in total. The summed E-state index contributed by atoms with van der Waals surface area (Å²) in [7, 11) is 0. The zero-order chi connectivity index (χ0) is 17.7. The number of aryl methyl sites for hydroxylation is 1. The van der Waals surface area contributed by atoms with Gasteiger partial charge in [0.2, 0.25) is 0 Å². The molecule has 1 aromatic heterocycles. The van der Waals surface area contributed by atoms with E-state index in [1.165, 1.54) is 30.5 Å². The Morgan fingerprint density at radius 1 is 1.33 bits per heavy atom. The summed E-state index contributed by atoms with van der Waals surface area (Å²) in [5, 5.41) is 2.31. The molecule has 0 atom stereocenters. The molecule has 0 unspecified atom stereocenters. The molecular formula is C15H12ClF2NO5. The molecule has 2 rings (SSSR count). The van der Waals surface area contributed by atoms with Gasteiger partial charge in [0.25, 0.3) is 5.91 Å². The molecule has 0 fully saturated rings. The van der Waals surface area contributed by atoms with Gasteiger partial charge in [0, 0.05) is 5.69 Å². The van der Waals surface area contributed by atoms with E-state index in [-0.39, 0.29) is 22.0 Å². The first kappa shape index (κ1) is 17.7. The fraction of sp³-hybridized carbons (Fsp3) is 0.200. The van der Waals surface area contributed by atoms with Gasteiger partial charge in [0.15, 0.2) is 6.61 Å². The fourth-order valence-electron chi connectivity index (χ4n) is 1.77. The average Bonchev–Trinajstić information content (AvgIpc) is 2.93. The molecule has 128 valence electrons. The first-order chi connectivity index (χ1) is 11.4. The summed E-state index contributed by atoms with van der Waals surface area (Å²) in [5.74, 6) is -1.16. The van der Waals surface area contributed by atoms with E-state index < -0.39 is 25.1 Å². The van der Waals surface area contributed by atoms with Crippen LogP contribution in [-0.2, 0) is 9.53 Å². The number of nitrogens with one attached hydrogen (secondary N) is 1. The van der Waals surface area contributed by atoms with Gasteiger partial charge in [-0.2, -0.15) is 8.78 Å². The summed E-state index contributed by atoms with van der Waals surface area (Å²) in [6, 6.07) is 5.17. The van der Waals surface area contributed by atoms with Gasteiger partial charge in [-0.1, -0.05) is 11.6 Å². The molecule has 24 heavy (non-hydrogen) atoms. The Kier molecular flexibility index (Phi) is 5.75. The first-order valence-corrected chi connectivity index (χ1v) is 7.00. The molecule has 0 aliphatic rings. The van der Waals surface area contributed by atoms with E-state index in [1.54, 1.807) is 6.92 Å². The maximum Gasteiger partial charge on any atom is 0.387 e. The Balaban J connectivity index is 1.89. The highest BCUT2D eigenvalue weighted by atomic mass is 35.5. The van der Waals surface area contributed by atoms with Crippen molar-refractivity contribution in [2.75, 3.05) is 11.9 Å². The third kappa shape index (κ3) is 4.69. The third-order valence-electron chi connectivity index (χ3n) is 2.84. The molecule has 0 bridgehead atoms. The summed E-state index contributed by atoms with van der Waals surface area (Å²) in [5.41, 5.74) is 0.460. The molecule has 1 amide bonds. The molecule has 0 spiro atoms. The lowest BCUT2D eigenvalue weighted by atomic mass is 10.3. The predicted octanol–water partition coefficient (Wildman–Crippen LogP) is 3.64. The van der Waals surface area contributed by atoms with Crippen molar-refractivity contribution in [3.63, 3.8) is 0 Å². The third-order valence-corrected chi connectivity index (χ3v) is 3.14. The Labute approximate surface area is 140 Å². The second kappa shape index (κ2) is 7.78. The van der Waals surface area contributed by atoms with Crippen LogP contribution in [-0.4, -0.2) is 25.1 Å². The normalized spacial score (nSPS) is 10.5. The second-order valence-corrected chi connectivity index (χ2v) is 4.95. The minimum absolute atomic E-state index is 0.0980. The van der Waals surface area contributed by atoms with Crippen LogP contribution in [0.1, 0.15) is 16.1 Å². The van der Waals surface area contributed by atoms with Gasteiger partial charge in [-0.15, -0.1) is 0 Å². The van der Waals surface area contributed by atoms with Crippen molar-refractivity contribution in [1.29, 1.82) is 0 Å². The minimum Gasteiger partial charge on any atom is -0.469 e. The van der Waals surface area contributed by atoms with Gasteiger partial charge in [0.1, 0.15) is 17.1 Å². The summed E-state index contributed by atoms with van der Waals surface area (Å²) in [4.78, 5) is 23.5. The Morgan fingerprint density at radius 2 is 2.08 bits per heavy atom. The monoisotopic (exact) mass is 359 g/mol. The molecule has 6 nitrogen and oxygen atoms in total. The fourth-order valence-corrected chi connectivity index (χ4v) is 2.00. The van der Waals surface area contributed by atoms with Gasteiger partial charge in [-0.05, 0) is 31.2 Å². The molecule has 2 aromatic rings. The molecule has 0 saturated heterocycles. The molecule has 1 heterocycles.